The minimum atomic E-state index is -0.234. The number of thiazole rings is 1. The Morgan fingerprint density at radius 3 is 2.54 bits per heavy atom. The molecule has 0 saturated heterocycles. The van der Waals surface area contributed by atoms with Crippen LogP contribution in [0.1, 0.15) is 11.3 Å². The topological polar surface area (TPSA) is 43.4 Å². The first-order chi connectivity index (χ1) is 12.7. The molecule has 0 aliphatic heterocycles. The van der Waals surface area contributed by atoms with Crippen LogP contribution in [0, 0.1) is 5.82 Å². The molecular weight excluding hydrogens is 351 g/mol. The fourth-order valence-electron chi connectivity index (χ4n) is 2.60. The molecule has 0 saturated carbocycles. The summed E-state index contributed by atoms with van der Waals surface area (Å²) < 4.78 is 23.6. The van der Waals surface area contributed by atoms with E-state index in [2.05, 4.69) is 10.3 Å². The minimum absolute atomic E-state index is 0.234. The largest absolute Gasteiger partial charge is 0.493 e. The smallest absolute Gasteiger partial charge is 0.160 e. The molecule has 0 fully saturated rings. The molecule has 0 radical (unpaired) electrons. The Hall–Kier alpha value is -2.44. The molecule has 6 heteroatoms. The van der Waals surface area contributed by atoms with E-state index in [4.69, 9.17) is 9.47 Å². The van der Waals surface area contributed by atoms with Crippen molar-refractivity contribution in [2.45, 2.75) is 13.0 Å². The second-order valence-corrected chi connectivity index (χ2v) is 6.63. The number of rotatable bonds is 8. The molecular formula is C20H21FN2O2S. The van der Waals surface area contributed by atoms with Crippen molar-refractivity contribution in [3.63, 3.8) is 0 Å². The van der Waals surface area contributed by atoms with Gasteiger partial charge in [0.05, 0.1) is 19.9 Å². The van der Waals surface area contributed by atoms with Crippen molar-refractivity contribution in [3.8, 4) is 22.1 Å². The molecule has 0 unspecified atom stereocenters. The van der Waals surface area contributed by atoms with Crippen molar-refractivity contribution in [1.29, 1.82) is 0 Å². The molecule has 2 aromatic carbocycles. The summed E-state index contributed by atoms with van der Waals surface area (Å²) in [5.74, 6) is 1.25. The van der Waals surface area contributed by atoms with Gasteiger partial charge in [-0.3, -0.25) is 0 Å². The van der Waals surface area contributed by atoms with Crippen LogP contribution in [0.2, 0.25) is 0 Å². The van der Waals surface area contributed by atoms with Gasteiger partial charge in [0.25, 0.3) is 0 Å². The van der Waals surface area contributed by atoms with Gasteiger partial charge in [0.2, 0.25) is 0 Å². The summed E-state index contributed by atoms with van der Waals surface area (Å²) in [7, 11) is 3.27. The summed E-state index contributed by atoms with van der Waals surface area (Å²) in [4.78, 5) is 4.60. The second-order valence-electron chi connectivity index (χ2n) is 5.77. The third kappa shape index (κ3) is 4.59. The Morgan fingerprint density at radius 1 is 1.04 bits per heavy atom. The monoisotopic (exact) mass is 372 g/mol. The van der Waals surface area contributed by atoms with Crippen LogP contribution in [0.5, 0.6) is 11.5 Å². The van der Waals surface area contributed by atoms with Crippen LogP contribution in [0.25, 0.3) is 10.6 Å². The summed E-state index contributed by atoms with van der Waals surface area (Å²) >= 11 is 1.57. The summed E-state index contributed by atoms with van der Waals surface area (Å²) in [5, 5.41) is 6.34. The Balaban J connectivity index is 1.50. The van der Waals surface area contributed by atoms with E-state index in [1.807, 2.05) is 23.6 Å². The molecule has 0 spiro atoms. The van der Waals surface area contributed by atoms with E-state index >= 15 is 0 Å². The number of hydrogen-bond acceptors (Lipinski definition) is 5. The number of benzene rings is 2. The highest BCUT2D eigenvalue weighted by atomic mass is 32.1. The lowest BCUT2D eigenvalue weighted by Crippen LogP contribution is -2.16. The zero-order chi connectivity index (χ0) is 18.4. The van der Waals surface area contributed by atoms with Gasteiger partial charge in [-0.05, 0) is 54.9 Å². The standard InChI is InChI=1S/C20H21FN2O2S/c1-24-18-8-3-14(11-19(18)25-2)9-10-22-12-17-13-26-20(23-17)15-4-6-16(21)7-5-15/h3-8,11,13,22H,9-10,12H2,1-2H3. The quantitative estimate of drug-likeness (QED) is 0.599. The highest BCUT2D eigenvalue weighted by Gasteiger charge is 2.06. The molecule has 0 amide bonds. The zero-order valence-corrected chi connectivity index (χ0v) is 15.6. The maximum absolute atomic E-state index is 13.0. The van der Waals surface area contributed by atoms with Crippen molar-refractivity contribution in [1.82, 2.24) is 10.3 Å². The fourth-order valence-corrected chi connectivity index (χ4v) is 3.42. The maximum Gasteiger partial charge on any atom is 0.160 e. The SMILES string of the molecule is COc1ccc(CCNCc2csc(-c3ccc(F)cc3)n2)cc1OC. The molecule has 0 bridgehead atoms. The summed E-state index contributed by atoms with van der Waals surface area (Å²) in [6, 6.07) is 12.4. The molecule has 1 N–H and O–H groups in total. The molecule has 26 heavy (non-hydrogen) atoms. The highest BCUT2D eigenvalue weighted by Crippen LogP contribution is 2.27. The average molecular weight is 372 g/mol. The molecule has 1 aromatic heterocycles. The van der Waals surface area contributed by atoms with E-state index in [1.54, 1.807) is 37.7 Å². The lowest BCUT2D eigenvalue weighted by atomic mass is 10.1. The third-order valence-electron chi connectivity index (χ3n) is 3.99. The number of methoxy groups -OCH3 is 2. The van der Waals surface area contributed by atoms with Gasteiger partial charge in [-0.15, -0.1) is 11.3 Å². The van der Waals surface area contributed by atoms with E-state index in [1.165, 1.54) is 17.7 Å². The Kier molecular flexibility index (Phi) is 6.20. The molecule has 4 nitrogen and oxygen atoms in total. The van der Waals surface area contributed by atoms with Crippen LogP contribution in [0.15, 0.2) is 47.8 Å². The first-order valence-electron chi connectivity index (χ1n) is 8.31. The van der Waals surface area contributed by atoms with Gasteiger partial charge in [-0.2, -0.15) is 0 Å². The average Bonchev–Trinajstić information content (AvgIpc) is 3.14. The zero-order valence-electron chi connectivity index (χ0n) is 14.8. The number of halogens is 1. The van der Waals surface area contributed by atoms with E-state index in [0.717, 1.165) is 40.7 Å². The van der Waals surface area contributed by atoms with Crippen molar-refractivity contribution in [2.75, 3.05) is 20.8 Å². The lowest BCUT2D eigenvalue weighted by molar-refractivity contribution is 0.354. The van der Waals surface area contributed by atoms with Crippen LogP contribution in [0.4, 0.5) is 4.39 Å². The molecule has 136 valence electrons. The van der Waals surface area contributed by atoms with Crippen LogP contribution >= 0.6 is 11.3 Å². The van der Waals surface area contributed by atoms with Crippen LogP contribution in [-0.4, -0.2) is 25.7 Å². The minimum Gasteiger partial charge on any atom is -0.493 e. The predicted octanol–water partition coefficient (Wildman–Crippen LogP) is 4.30. The number of aromatic nitrogens is 1. The van der Waals surface area contributed by atoms with Gasteiger partial charge >= 0.3 is 0 Å². The summed E-state index contributed by atoms with van der Waals surface area (Å²) in [6.45, 7) is 1.53. The van der Waals surface area contributed by atoms with Crippen LogP contribution < -0.4 is 14.8 Å². The van der Waals surface area contributed by atoms with Gasteiger partial charge in [0.1, 0.15) is 10.8 Å². The number of nitrogens with one attached hydrogen (secondary N) is 1. The number of ether oxygens (including phenoxy) is 2. The molecule has 0 atom stereocenters. The van der Waals surface area contributed by atoms with Gasteiger partial charge in [-0.1, -0.05) is 6.07 Å². The van der Waals surface area contributed by atoms with Crippen molar-refractivity contribution in [2.24, 2.45) is 0 Å². The van der Waals surface area contributed by atoms with Crippen molar-refractivity contribution >= 4 is 11.3 Å². The van der Waals surface area contributed by atoms with Gasteiger partial charge in [0.15, 0.2) is 11.5 Å². The van der Waals surface area contributed by atoms with Crippen LogP contribution in [-0.2, 0) is 13.0 Å². The van der Waals surface area contributed by atoms with E-state index in [-0.39, 0.29) is 5.82 Å². The Labute approximate surface area is 156 Å². The molecule has 1 heterocycles. The van der Waals surface area contributed by atoms with E-state index < -0.39 is 0 Å². The normalized spacial score (nSPS) is 10.7. The molecule has 0 aliphatic carbocycles. The Bertz CT molecular complexity index is 849. The second kappa shape index (κ2) is 8.78. The predicted molar refractivity (Wildman–Crippen MR) is 102 cm³/mol. The number of nitrogens with zero attached hydrogens (tertiary/aromatic N) is 1. The summed E-state index contributed by atoms with van der Waals surface area (Å²) in [6.07, 6.45) is 0.884. The Morgan fingerprint density at radius 2 is 1.81 bits per heavy atom. The lowest BCUT2D eigenvalue weighted by Gasteiger charge is -2.09. The first kappa shape index (κ1) is 18.4. The number of hydrogen-bond donors (Lipinski definition) is 1. The van der Waals surface area contributed by atoms with E-state index in [9.17, 15) is 4.39 Å². The van der Waals surface area contributed by atoms with Gasteiger partial charge in [0, 0.05) is 17.5 Å². The maximum atomic E-state index is 13.0. The molecule has 3 aromatic rings. The van der Waals surface area contributed by atoms with Gasteiger partial charge in [-0.25, -0.2) is 9.37 Å². The van der Waals surface area contributed by atoms with Crippen molar-refractivity contribution in [3.05, 3.63) is 64.9 Å². The highest BCUT2D eigenvalue weighted by molar-refractivity contribution is 7.13. The van der Waals surface area contributed by atoms with Crippen molar-refractivity contribution < 1.29 is 13.9 Å². The third-order valence-corrected chi connectivity index (χ3v) is 4.93. The summed E-state index contributed by atoms with van der Waals surface area (Å²) in [5.41, 5.74) is 3.11. The first-order valence-corrected chi connectivity index (χ1v) is 9.19. The van der Waals surface area contributed by atoms with Crippen LogP contribution in [0.3, 0.4) is 0 Å². The molecule has 0 aliphatic rings. The van der Waals surface area contributed by atoms with Gasteiger partial charge < -0.3 is 14.8 Å². The fraction of sp³-hybridized carbons (Fsp3) is 0.250. The molecule has 3 rings (SSSR count). The van der Waals surface area contributed by atoms with E-state index in [0.29, 0.717) is 6.54 Å².